The van der Waals surface area contributed by atoms with Crippen LogP contribution in [-0.4, -0.2) is 23.0 Å². The van der Waals surface area contributed by atoms with Crippen molar-refractivity contribution >= 4 is 11.9 Å². The Balaban J connectivity index is 2.29. The van der Waals surface area contributed by atoms with Crippen molar-refractivity contribution in [3.8, 4) is 6.07 Å². The molecule has 0 saturated carbocycles. The molecule has 0 saturated heterocycles. The molecule has 5 heteroatoms. The van der Waals surface area contributed by atoms with Gasteiger partial charge in [-0.05, 0) is 37.3 Å². The maximum absolute atomic E-state index is 13.2. The molecular weight excluding hydrogens is 340 g/mol. The summed E-state index contributed by atoms with van der Waals surface area (Å²) in [7, 11) is 0. The Morgan fingerprint density at radius 2 is 1.56 bits per heavy atom. The average molecular weight is 364 g/mol. The first-order valence-electron chi connectivity index (χ1n) is 9.02. The first kappa shape index (κ1) is 20.2. The molecule has 2 N–H and O–H groups in total. The minimum absolute atomic E-state index is 0.294. The molecule has 0 bridgehead atoms. The van der Waals surface area contributed by atoms with Gasteiger partial charge in [-0.25, -0.2) is 4.79 Å². The minimum atomic E-state index is -1.07. The Bertz CT molecular complexity index is 758. The number of aliphatic carboxylic acids is 1. The second-order valence-corrected chi connectivity index (χ2v) is 6.63. The Hall–Kier alpha value is -3.13. The molecule has 0 heterocycles. The zero-order valence-corrected chi connectivity index (χ0v) is 15.4. The molecule has 27 heavy (non-hydrogen) atoms. The number of carboxylic acid groups (broad SMARTS) is 1. The molecule has 2 aromatic carbocycles. The van der Waals surface area contributed by atoms with Crippen LogP contribution in [0.1, 0.15) is 43.7 Å². The summed E-state index contributed by atoms with van der Waals surface area (Å²) in [5.41, 5.74) is 0.577. The van der Waals surface area contributed by atoms with E-state index in [1.807, 2.05) is 73.7 Å². The third-order valence-corrected chi connectivity index (χ3v) is 4.79. The summed E-state index contributed by atoms with van der Waals surface area (Å²) in [6.07, 6.45) is 1.86. The van der Waals surface area contributed by atoms with Gasteiger partial charge in [0.25, 0.3) is 0 Å². The number of rotatable bonds is 9. The Labute approximate surface area is 159 Å². The van der Waals surface area contributed by atoms with Crippen molar-refractivity contribution in [1.29, 1.82) is 5.26 Å². The van der Waals surface area contributed by atoms with E-state index in [2.05, 4.69) is 5.32 Å². The van der Waals surface area contributed by atoms with Gasteiger partial charge in [0.15, 0.2) is 0 Å². The minimum Gasteiger partial charge on any atom is -0.480 e. The molecule has 0 fully saturated rings. The number of nitrogens with zero attached hydrogens (tertiary/aromatic N) is 1. The van der Waals surface area contributed by atoms with Crippen molar-refractivity contribution in [2.45, 2.75) is 44.1 Å². The van der Waals surface area contributed by atoms with Crippen molar-refractivity contribution in [2.75, 3.05) is 0 Å². The molecule has 0 aromatic heterocycles. The summed E-state index contributed by atoms with van der Waals surface area (Å²) in [5, 5.41) is 20.8. The van der Waals surface area contributed by atoms with Gasteiger partial charge in [0, 0.05) is 6.42 Å². The highest BCUT2D eigenvalue weighted by Gasteiger charge is 2.38. The van der Waals surface area contributed by atoms with E-state index in [0.29, 0.717) is 25.7 Å². The molecule has 140 valence electrons. The third-order valence-electron chi connectivity index (χ3n) is 4.79. The van der Waals surface area contributed by atoms with Crippen molar-refractivity contribution in [3.05, 3.63) is 71.8 Å². The maximum Gasteiger partial charge on any atom is 0.326 e. The summed E-state index contributed by atoms with van der Waals surface area (Å²) in [4.78, 5) is 24.9. The van der Waals surface area contributed by atoms with E-state index < -0.39 is 17.4 Å². The van der Waals surface area contributed by atoms with E-state index >= 15 is 0 Å². The van der Waals surface area contributed by atoms with Crippen LogP contribution in [0.15, 0.2) is 60.7 Å². The molecule has 0 unspecified atom stereocenters. The Morgan fingerprint density at radius 1 is 1.04 bits per heavy atom. The predicted octanol–water partition coefficient (Wildman–Crippen LogP) is 3.65. The number of carbonyl (C=O) groups excluding carboxylic acids is 1. The standard InChI is InChI=1S/C22H24N2O3/c1-22(17-11-5-2-6-12-17,18-13-7-3-8-14-18)21(27)24-19(20(25)26)15-9-4-10-16-23/h2-3,5-8,11-14,19H,4,9-10,15H2,1H3,(H,24,27)(H,25,26)/t19-/m1/s1. The predicted molar refractivity (Wildman–Crippen MR) is 103 cm³/mol. The fourth-order valence-corrected chi connectivity index (χ4v) is 3.08. The highest BCUT2D eigenvalue weighted by Crippen LogP contribution is 2.32. The molecule has 0 aliphatic carbocycles. The lowest BCUT2D eigenvalue weighted by molar-refractivity contribution is -0.142. The number of hydrogen-bond acceptors (Lipinski definition) is 3. The lowest BCUT2D eigenvalue weighted by atomic mass is 9.75. The molecule has 0 spiro atoms. The molecule has 0 radical (unpaired) electrons. The van der Waals surface area contributed by atoms with Gasteiger partial charge in [-0.1, -0.05) is 60.7 Å². The van der Waals surface area contributed by atoms with Gasteiger partial charge in [-0.2, -0.15) is 5.26 Å². The molecule has 2 aromatic rings. The molecular formula is C22H24N2O3. The summed E-state index contributed by atoms with van der Waals surface area (Å²) >= 11 is 0. The van der Waals surface area contributed by atoms with Gasteiger partial charge in [0.2, 0.25) is 5.91 Å². The normalized spacial score (nSPS) is 12.0. The average Bonchev–Trinajstić information content (AvgIpc) is 2.70. The van der Waals surface area contributed by atoms with Gasteiger partial charge in [0.1, 0.15) is 6.04 Å². The Morgan fingerprint density at radius 3 is 2.00 bits per heavy atom. The van der Waals surface area contributed by atoms with E-state index in [1.165, 1.54) is 0 Å². The van der Waals surface area contributed by atoms with Crippen LogP contribution in [0.25, 0.3) is 0 Å². The van der Waals surface area contributed by atoms with Gasteiger partial charge in [-0.15, -0.1) is 0 Å². The fourth-order valence-electron chi connectivity index (χ4n) is 3.08. The number of carbonyl (C=O) groups is 2. The SMILES string of the molecule is CC(C(=O)N[C@H](CCCCC#N)C(=O)O)(c1ccccc1)c1ccccc1. The first-order valence-corrected chi connectivity index (χ1v) is 9.02. The number of carboxylic acids is 1. The van der Waals surface area contributed by atoms with Crippen LogP contribution in [0.2, 0.25) is 0 Å². The number of nitriles is 1. The topological polar surface area (TPSA) is 90.2 Å². The Kier molecular flexibility index (Phi) is 7.13. The monoisotopic (exact) mass is 364 g/mol. The maximum atomic E-state index is 13.2. The lowest BCUT2D eigenvalue weighted by Crippen LogP contribution is -2.50. The van der Waals surface area contributed by atoms with Gasteiger partial charge >= 0.3 is 5.97 Å². The summed E-state index contributed by atoms with van der Waals surface area (Å²) in [6.45, 7) is 1.81. The lowest BCUT2D eigenvalue weighted by Gasteiger charge is -2.31. The van der Waals surface area contributed by atoms with Crippen LogP contribution in [0.5, 0.6) is 0 Å². The van der Waals surface area contributed by atoms with Crippen molar-refractivity contribution in [1.82, 2.24) is 5.32 Å². The molecule has 0 aliphatic heterocycles. The van der Waals surface area contributed by atoms with Crippen LogP contribution < -0.4 is 5.32 Å². The number of amides is 1. The summed E-state index contributed by atoms with van der Waals surface area (Å²) < 4.78 is 0. The number of unbranched alkanes of at least 4 members (excludes halogenated alkanes) is 2. The van der Waals surface area contributed by atoms with Gasteiger partial charge < -0.3 is 10.4 Å². The van der Waals surface area contributed by atoms with Crippen molar-refractivity contribution in [2.24, 2.45) is 0 Å². The van der Waals surface area contributed by atoms with Crippen LogP contribution in [0, 0.1) is 11.3 Å². The number of hydrogen-bond donors (Lipinski definition) is 2. The van der Waals surface area contributed by atoms with Crippen molar-refractivity contribution in [3.63, 3.8) is 0 Å². The smallest absolute Gasteiger partial charge is 0.326 e. The fraction of sp³-hybridized carbons (Fsp3) is 0.318. The third kappa shape index (κ3) is 4.95. The molecule has 2 rings (SSSR count). The molecule has 5 nitrogen and oxygen atoms in total. The van der Waals surface area contributed by atoms with Gasteiger partial charge in [0.05, 0.1) is 11.5 Å². The largest absolute Gasteiger partial charge is 0.480 e. The van der Waals surface area contributed by atoms with E-state index in [4.69, 9.17) is 5.26 Å². The van der Waals surface area contributed by atoms with Gasteiger partial charge in [-0.3, -0.25) is 4.79 Å². The molecule has 1 amide bonds. The highest BCUT2D eigenvalue weighted by molar-refractivity contribution is 5.94. The zero-order valence-electron chi connectivity index (χ0n) is 15.4. The molecule has 1 atom stereocenters. The highest BCUT2D eigenvalue weighted by atomic mass is 16.4. The van der Waals surface area contributed by atoms with E-state index in [-0.39, 0.29) is 5.91 Å². The zero-order chi connectivity index (χ0) is 19.7. The van der Waals surface area contributed by atoms with Crippen LogP contribution in [0.4, 0.5) is 0 Å². The van der Waals surface area contributed by atoms with E-state index in [9.17, 15) is 14.7 Å². The summed E-state index contributed by atoms with van der Waals surface area (Å²) in [6, 6.07) is 19.7. The first-order chi connectivity index (χ1) is 13.0. The second-order valence-electron chi connectivity index (χ2n) is 6.63. The molecule has 0 aliphatic rings. The van der Waals surface area contributed by atoms with E-state index in [0.717, 1.165) is 11.1 Å². The van der Waals surface area contributed by atoms with Crippen molar-refractivity contribution < 1.29 is 14.7 Å². The van der Waals surface area contributed by atoms with Crippen LogP contribution >= 0.6 is 0 Å². The van der Waals surface area contributed by atoms with Crippen LogP contribution in [0.3, 0.4) is 0 Å². The number of benzene rings is 2. The quantitative estimate of drug-likeness (QED) is 0.665. The van der Waals surface area contributed by atoms with Crippen LogP contribution in [-0.2, 0) is 15.0 Å². The summed E-state index contributed by atoms with van der Waals surface area (Å²) in [5.74, 6) is -1.42. The second kappa shape index (κ2) is 9.54. The number of nitrogens with one attached hydrogen (secondary N) is 1. The van der Waals surface area contributed by atoms with E-state index in [1.54, 1.807) is 0 Å².